The van der Waals surface area contributed by atoms with Crippen LogP contribution in [0.25, 0.3) is 0 Å². The normalized spacial score (nSPS) is 11.1. The Morgan fingerprint density at radius 2 is 1.32 bits per heavy atom. The van der Waals surface area contributed by atoms with Crippen LogP contribution < -0.4 is 5.69 Å². The summed E-state index contributed by atoms with van der Waals surface area (Å²) in [6, 6.07) is 0. The molecule has 0 N–H and O–H groups in total. The van der Waals surface area contributed by atoms with Gasteiger partial charge in [0.05, 0.1) is 5.69 Å². The average molecular weight is 309 g/mol. The Kier molecular flexibility index (Phi) is 5.11. The number of carbonyl (C=O) groups is 3. The van der Waals surface area contributed by atoms with Crippen molar-refractivity contribution in [3.63, 3.8) is 0 Å². The molecular weight excluding hydrogens is 286 g/mol. The fourth-order valence-corrected chi connectivity index (χ4v) is 2.05. The van der Waals surface area contributed by atoms with Gasteiger partial charge in [0.1, 0.15) is 5.69 Å². The highest BCUT2D eigenvalue weighted by Crippen LogP contribution is 2.13. The van der Waals surface area contributed by atoms with Gasteiger partial charge in [-0.3, -0.25) is 14.4 Å². The third kappa shape index (κ3) is 2.88. The third-order valence-corrected chi connectivity index (χ3v) is 3.32. The van der Waals surface area contributed by atoms with Crippen LogP contribution in [0.1, 0.15) is 53.5 Å². The van der Waals surface area contributed by atoms with Crippen LogP contribution in [0.4, 0.5) is 0 Å². The van der Waals surface area contributed by atoms with E-state index in [2.05, 4.69) is 0 Å². The van der Waals surface area contributed by atoms with Crippen LogP contribution in [0, 0.1) is 18.8 Å². The van der Waals surface area contributed by atoms with E-state index in [-0.39, 0.29) is 11.4 Å². The number of amides is 1. The van der Waals surface area contributed by atoms with Crippen LogP contribution in [0.5, 0.6) is 0 Å². The number of hydrogen-bond acceptors (Lipinski definition) is 4. The van der Waals surface area contributed by atoms with E-state index < -0.39 is 35.2 Å². The van der Waals surface area contributed by atoms with Crippen LogP contribution in [0.3, 0.4) is 0 Å². The van der Waals surface area contributed by atoms with E-state index >= 15 is 0 Å². The Bertz CT molecular complexity index is 678. The molecule has 1 rings (SSSR count). The maximum atomic E-state index is 12.5. The molecule has 0 aromatic carbocycles. The van der Waals surface area contributed by atoms with Gasteiger partial charge in [0.25, 0.3) is 5.91 Å². The van der Waals surface area contributed by atoms with Gasteiger partial charge in [-0.05, 0) is 6.92 Å². The molecule has 122 valence electrons. The Balaban J connectivity index is 3.78. The number of imidazole rings is 1. The van der Waals surface area contributed by atoms with E-state index in [1.165, 1.54) is 25.9 Å². The van der Waals surface area contributed by atoms with Gasteiger partial charge in [-0.25, -0.2) is 13.9 Å². The molecule has 0 saturated heterocycles. The van der Waals surface area contributed by atoms with Crippen molar-refractivity contribution < 1.29 is 14.4 Å². The zero-order valence-electron chi connectivity index (χ0n) is 14.1. The summed E-state index contributed by atoms with van der Waals surface area (Å²) in [6.45, 7) is 8.08. The number of rotatable bonds is 3. The Morgan fingerprint density at radius 1 is 0.909 bits per heavy atom. The molecule has 0 aliphatic carbocycles. The lowest BCUT2D eigenvalue weighted by atomic mass is 10.2. The zero-order valence-corrected chi connectivity index (χ0v) is 14.1. The molecule has 0 bridgehead atoms. The molecule has 1 aromatic heterocycles. The Labute approximate surface area is 129 Å². The maximum absolute atomic E-state index is 12.5. The second-order valence-corrected chi connectivity index (χ2v) is 6.07. The Hall–Kier alpha value is -2.18. The standard InChI is InChI=1S/C15H23N3O4/c1-8(2)12(19)17-10(5)11(14(21)16(6)7)18(15(17)22)13(20)9(3)4/h8-9H,1-7H3. The summed E-state index contributed by atoms with van der Waals surface area (Å²) in [4.78, 5) is 50.8. The van der Waals surface area contributed by atoms with Crippen LogP contribution in [-0.2, 0) is 0 Å². The van der Waals surface area contributed by atoms with Gasteiger partial charge in [0, 0.05) is 25.9 Å². The topological polar surface area (TPSA) is 81.4 Å². The van der Waals surface area contributed by atoms with Crippen molar-refractivity contribution in [2.24, 2.45) is 11.8 Å². The maximum Gasteiger partial charge on any atom is 0.342 e. The molecule has 1 aromatic rings. The van der Waals surface area contributed by atoms with Gasteiger partial charge < -0.3 is 4.90 Å². The third-order valence-electron chi connectivity index (χ3n) is 3.32. The molecule has 1 amide bonds. The van der Waals surface area contributed by atoms with Gasteiger partial charge in [-0.15, -0.1) is 0 Å². The van der Waals surface area contributed by atoms with Crippen molar-refractivity contribution in [1.29, 1.82) is 0 Å². The molecule has 7 heteroatoms. The second-order valence-electron chi connectivity index (χ2n) is 6.07. The smallest absolute Gasteiger partial charge is 0.342 e. The van der Waals surface area contributed by atoms with Crippen molar-refractivity contribution in [2.45, 2.75) is 34.6 Å². The summed E-state index contributed by atoms with van der Waals surface area (Å²) in [6.07, 6.45) is 0. The fraction of sp³-hybridized carbons (Fsp3) is 0.600. The lowest BCUT2D eigenvalue weighted by Gasteiger charge is -2.13. The quantitative estimate of drug-likeness (QED) is 0.841. The fourth-order valence-electron chi connectivity index (χ4n) is 2.05. The largest absolute Gasteiger partial charge is 0.343 e. The molecule has 0 aliphatic rings. The lowest BCUT2D eigenvalue weighted by molar-refractivity contribution is 0.0773. The summed E-state index contributed by atoms with van der Waals surface area (Å²) in [5, 5.41) is 0. The van der Waals surface area contributed by atoms with Crippen LogP contribution in [-0.4, -0.2) is 45.9 Å². The van der Waals surface area contributed by atoms with Crippen molar-refractivity contribution in [2.75, 3.05) is 14.1 Å². The van der Waals surface area contributed by atoms with Gasteiger partial charge in [0.15, 0.2) is 0 Å². The minimum atomic E-state index is -0.778. The van der Waals surface area contributed by atoms with Crippen molar-refractivity contribution in [1.82, 2.24) is 14.0 Å². The highest BCUT2D eigenvalue weighted by atomic mass is 16.2. The van der Waals surface area contributed by atoms with E-state index in [4.69, 9.17) is 0 Å². The molecule has 0 aliphatic heterocycles. The molecule has 0 unspecified atom stereocenters. The van der Waals surface area contributed by atoms with E-state index in [0.29, 0.717) is 0 Å². The van der Waals surface area contributed by atoms with E-state index in [1.54, 1.807) is 27.7 Å². The Morgan fingerprint density at radius 3 is 1.68 bits per heavy atom. The first-order chi connectivity index (χ1) is 10.0. The molecule has 22 heavy (non-hydrogen) atoms. The first-order valence-corrected chi connectivity index (χ1v) is 7.16. The van der Waals surface area contributed by atoms with Crippen molar-refractivity contribution in [3.05, 3.63) is 21.9 Å². The van der Waals surface area contributed by atoms with Crippen molar-refractivity contribution >= 4 is 17.7 Å². The number of nitrogens with zero attached hydrogens (tertiary/aromatic N) is 3. The summed E-state index contributed by atoms with van der Waals surface area (Å²) >= 11 is 0. The number of carbonyl (C=O) groups excluding carboxylic acids is 3. The highest BCUT2D eigenvalue weighted by molar-refractivity contribution is 5.99. The SMILES string of the molecule is Cc1c(C(=O)N(C)C)n(C(=O)C(C)C)c(=O)n1C(=O)C(C)C. The van der Waals surface area contributed by atoms with Crippen LogP contribution in [0.2, 0.25) is 0 Å². The summed E-state index contributed by atoms with van der Waals surface area (Å²) in [7, 11) is 3.05. The molecule has 0 saturated carbocycles. The predicted octanol–water partition coefficient (Wildman–Crippen LogP) is 1.25. The highest BCUT2D eigenvalue weighted by Gasteiger charge is 2.31. The van der Waals surface area contributed by atoms with Gasteiger partial charge >= 0.3 is 5.69 Å². The first-order valence-electron chi connectivity index (χ1n) is 7.16. The lowest BCUT2D eigenvalue weighted by Crippen LogP contribution is -2.37. The van der Waals surface area contributed by atoms with Gasteiger partial charge in [-0.1, -0.05) is 27.7 Å². The summed E-state index contributed by atoms with van der Waals surface area (Å²) in [5.41, 5.74) is -0.640. The average Bonchev–Trinajstić information content (AvgIpc) is 2.67. The second kappa shape index (κ2) is 6.29. The molecule has 0 spiro atoms. The number of hydrogen-bond donors (Lipinski definition) is 0. The molecular formula is C15H23N3O4. The zero-order chi connectivity index (χ0) is 17.4. The van der Waals surface area contributed by atoms with Gasteiger partial charge in [0.2, 0.25) is 11.8 Å². The summed E-state index contributed by atoms with van der Waals surface area (Å²) < 4.78 is 1.74. The van der Waals surface area contributed by atoms with E-state index in [0.717, 1.165) is 9.13 Å². The first kappa shape index (κ1) is 17.9. The monoisotopic (exact) mass is 309 g/mol. The van der Waals surface area contributed by atoms with Crippen LogP contribution >= 0.6 is 0 Å². The molecule has 7 nitrogen and oxygen atoms in total. The van der Waals surface area contributed by atoms with E-state index in [9.17, 15) is 19.2 Å². The molecule has 0 fully saturated rings. The predicted molar refractivity (Wildman–Crippen MR) is 82.4 cm³/mol. The van der Waals surface area contributed by atoms with Crippen LogP contribution in [0.15, 0.2) is 4.79 Å². The minimum absolute atomic E-state index is 0.0531. The molecule has 1 heterocycles. The number of aromatic nitrogens is 2. The minimum Gasteiger partial charge on any atom is -0.343 e. The summed E-state index contributed by atoms with van der Waals surface area (Å²) in [5.74, 6) is -2.34. The van der Waals surface area contributed by atoms with E-state index in [1.807, 2.05) is 0 Å². The van der Waals surface area contributed by atoms with Gasteiger partial charge in [-0.2, -0.15) is 0 Å². The molecule has 0 radical (unpaired) electrons. The van der Waals surface area contributed by atoms with Crippen molar-refractivity contribution in [3.8, 4) is 0 Å². The molecule has 0 atom stereocenters.